The molecule has 1 aromatic heterocycles. The molecule has 0 radical (unpaired) electrons. The molecule has 120 valence electrons. The van der Waals surface area contributed by atoms with Crippen LogP contribution in [0, 0.1) is 0 Å². The Labute approximate surface area is 131 Å². The van der Waals surface area contributed by atoms with E-state index in [2.05, 4.69) is 10.3 Å². The second-order valence-corrected chi connectivity index (χ2v) is 4.84. The smallest absolute Gasteiger partial charge is 0.305 e. The molecule has 7 nitrogen and oxygen atoms in total. The zero-order valence-corrected chi connectivity index (χ0v) is 12.4. The number of aromatic amines is 1. The van der Waals surface area contributed by atoms with Gasteiger partial charge in [0, 0.05) is 12.3 Å². The van der Waals surface area contributed by atoms with Crippen molar-refractivity contribution in [3.05, 3.63) is 64.1 Å². The number of nitrogens with one attached hydrogen (secondary N) is 2. The number of benzene rings is 1. The summed E-state index contributed by atoms with van der Waals surface area (Å²) in [6.45, 7) is 0. The second kappa shape index (κ2) is 7.26. The van der Waals surface area contributed by atoms with E-state index >= 15 is 0 Å². The molecule has 0 aliphatic carbocycles. The van der Waals surface area contributed by atoms with Gasteiger partial charge < -0.3 is 20.1 Å². The summed E-state index contributed by atoms with van der Waals surface area (Å²) in [5, 5.41) is 11.7. The first-order chi connectivity index (χ1) is 11.0. The Hall–Kier alpha value is -3.09. The molecule has 1 heterocycles. The van der Waals surface area contributed by atoms with E-state index in [-0.39, 0.29) is 17.5 Å². The molecule has 0 fully saturated rings. The van der Waals surface area contributed by atoms with Gasteiger partial charge in [-0.2, -0.15) is 0 Å². The van der Waals surface area contributed by atoms with Gasteiger partial charge in [-0.1, -0.05) is 12.1 Å². The summed E-state index contributed by atoms with van der Waals surface area (Å²) >= 11 is 0. The summed E-state index contributed by atoms with van der Waals surface area (Å²) in [5.41, 5.74) is 0.568. The van der Waals surface area contributed by atoms with Crippen molar-refractivity contribution in [2.24, 2.45) is 0 Å². The fraction of sp³-hybridized carbons (Fsp3) is 0.188. The molecule has 0 aliphatic heterocycles. The van der Waals surface area contributed by atoms with Crippen LogP contribution in [0.2, 0.25) is 0 Å². The highest BCUT2D eigenvalue weighted by atomic mass is 16.5. The Bertz CT molecular complexity index is 731. The fourth-order valence-electron chi connectivity index (χ4n) is 2.06. The number of carbonyl (C=O) groups is 2. The van der Waals surface area contributed by atoms with Crippen LogP contribution in [0.3, 0.4) is 0 Å². The molecule has 1 aromatic carbocycles. The van der Waals surface area contributed by atoms with Crippen molar-refractivity contribution in [1.29, 1.82) is 0 Å². The molecule has 3 N–H and O–H groups in total. The summed E-state index contributed by atoms with van der Waals surface area (Å²) in [6.07, 6.45) is 1.02. The SMILES string of the molecule is COc1ccc(C(CC(=O)O)NC(=O)c2ccc(=O)[nH]c2)cc1. The average Bonchev–Trinajstić information content (AvgIpc) is 2.54. The normalized spacial score (nSPS) is 11.5. The molecule has 7 heteroatoms. The van der Waals surface area contributed by atoms with Crippen molar-refractivity contribution < 1.29 is 19.4 Å². The first-order valence-corrected chi connectivity index (χ1v) is 6.85. The molecule has 0 saturated heterocycles. The number of carboxylic acid groups (broad SMARTS) is 1. The molecule has 0 spiro atoms. The third-order valence-corrected chi connectivity index (χ3v) is 3.25. The molecule has 2 rings (SSSR count). The van der Waals surface area contributed by atoms with Gasteiger partial charge in [-0.25, -0.2) is 0 Å². The van der Waals surface area contributed by atoms with Gasteiger partial charge in [0.1, 0.15) is 5.75 Å². The van der Waals surface area contributed by atoms with E-state index in [0.717, 1.165) is 0 Å². The quantitative estimate of drug-likeness (QED) is 0.745. The van der Waals surface area contributed by atoms with Crippen LogP contribution in [0.1, 0.15) is 28.4 Å². The van der Waals surface area contributed by atoms with Gasteiger partial charge >= 0.3 is 5.97 Å². The standard InChI is InChI=1S/C16H16N2O5/c1-23-12-5-2-10(3-6-12)13(8-15(20)21)18-16(22)11-4-7-14(19)17-9-11/h2-7,9,13H,8H2,1H3,(H,17,19)(H,18,22)(H,20,21). The first kappa shape index (κ1) is 16.3. The van der Waals surface area contributed by atoms with E-state index in [1.807, 2.05) is 0 Å². The Morgan fingerprint density at radius 1 is 1.22 bits per heavy atom. The highest BCUT2D eigenvalue weighted by Gasteiger charge is 2.19. The minimum absolute atomic E-state index is 0.244. The highest BCUT2D eigenvalue weighted by Crippen LogP contribution is 2.20. The zero-order chi connectivity index (χ0) is 16.8. The van der Waals surface area contributed by atoms with Crippen LogP contribution < -0.4 is 15.6 Å². The largest absolute Gasteiger partial charge is 0.497 e. The van der Waals surface area contributed by atoms with Crippen molar-refractivity contribution >= 4 is 11.9 Å². The van der Waals surface area contributed by atoms with E-state index in [9.17, 15) is 14.4 Å². The number of H-pyrrole nitrogens is 1. The number of carbonyl (C=O) groups excluding carboxylic acids is 1. The van der Waals surface area contributed by atoms with E-state index in [1.54, 1.807) is 24.3 Å². The number of ether oxygens (including phenoxy) is 1. The van der Waals surface area contributed by atoms with Crippen LogP contribution in [0.5, 0.6) is 5.75 Å². The third-order valence-electron chi connectivity index (χ3n) is 3.25. The Morgan fingerprint density at radius 3 is 2.43 bits per heavy atom. The molecule has 0 bridgehead atoms. The molecular weight excluding hydrogens is 300 g/mol. The number of aliphatic carboxylic acids is 1. The van der Waals surface area contributed by atoms with E-state index in [0.29, 0.717) is 11.3 Å². The number of amides is 1. The molecular formula is C16H16N2O5. The Kier molecular flexibility index (Phi) is 5.14. The van der Waals surface area contributed by atoms with Crippen LogP contribution in [0.4, 0.5) is 0 Å². The number of carboxylic acids is 1. The van der Waals surface area contributed by atoms with Crippen LogP contribution in [-0.4, -0.2) is 29.1 Å². The Balaban J connectivity index is 2.20. The topological polar surface area (TPSA) is 108 Å². The Morgan fingerprint density at radius 2 is 1.91 bits per heavy atom. The molecule has 0 saturated carbocycles. The second-order valence-electron chi connectivity index (χ2n) is 4.84. The van der Waals surface area contributed by atoms with Crippen LogP contribution in [0.25, 0.3) is 0 Å². The van der Waals surface area contributed by atoms with Crippen LogP contribution in [0.15, 0.2) is 47.4 Å². The first-order valence-electron chi connectivity index (χ1n) is 6.85. The zero-order valence-electron chi connectivity index (χ0n) is 12.4. The van der Waals surface area contributed by atoms with E-state index in [1.165, 1.54) is 25.4 Å². The maximum absolute atomic E-state index is 12.2. The lowest BCUT2D eigenvalue weighted by molar-refractivity contribution is -0.137. The van der Waals surface area contributed by atoms with Crippen molar-refractivity contribution in [3.63, 3.8) is 0 Å². The molecule has 23 heavy (non-hydrogen) atoms. The van der Waals surface area contributed by atoms with Gasteiger partial charge in [-0.05, 0) is 23.8 Å². The van der Waals surface area contributed by atoms with Crippen molar-refractivity contribution in [3.8, 4) is 5.75 Å². The summed E-state index contributed by atoms with van der Waals surface area (Å²) in [7, 11) is 1.53. The minimum Gasteiger partial charge on any atom is -0.497 e. The minimum atomic E-state index is -1.03. The van der Waals surface area contributed by atoms with E-state index < -0.39 is 17.9 Å². The van der Waals surface area contributed by atoms with Gasteiger partial charge in [0.05, 0.1) is 25.1 Å². The molecule has 1 atom stereocenters. The van der Waals surface area contributed by atoms with Crippen LogP contribution >= 0.6 is 0 Å². The van der Waals surface area contributed by atoms with E-state index in [4.69, 9.17) is 9.84 Å². The number of methoxy groups -OCH3 is 1. The summed E-state index contributed by atoms with van der Waals surface area (Å²) in [5.74, 6) is -0.870. The van der Waals surface area contributed by atoms with Crippen molar-refractivity contribution in [2.75, 3.05) is 7.11 Å². The van der Waals surface area contributed by atoms with Gasteiger partial charge in [-0.15, -0.1) is 0 Å². The number of rotatable bonds is 6. The molecule has 1 amide bonds. The van der Waals surface area contributed by atoms with Gasteiger partial charge in [-0.3, -0.25) is 14.4 Å². The molecule has 1 unspecified atom stereocenters. The predicted molar refractivity (Wildman–Crippen MR) is 82.5 cm³/mol. The van der Waals surface area contributed by atoms with Crippen LogP contribution in [-0.2, 0) is 4.79 Å². The summed E-state index contributed by atoms with van der Waals surface area (Å²) < 4.78 is 5.05. The molecule has 2 aromatic rings. The maximum atomic E-state index is 12.2. The monoisotopic (exact) mass is 316 g/mol. The summed E-state index contributed by atoms with van der Waals surface area (Å²) in [6, 6.07) is 8.68. The van der Waals surface area contributed by atoms with Gasteiger partial charge in [0.25, 0.3) is 5.91 Å². The summed E-state index contributed by atoms with van der Waals surface area (Å²) in [4.78, 5) is 36.7. The lowest BCUT2D eigenvalue weighted by Crippen LogP contribution is -2.30. The number of hydrogen-bond acceptors (Lipinski definition) is 4. The highest BCUT2D eigenvalue weighted by molar-refractivity contribution is 5.94. The lowest BCUT2D eigenvalue weighted by Gasteiger charge is -2.17. The van der Waals surface area contributed by atoms with Gasteiger partial charge in [0.2, 0.25) is 5.56 Å². The fourth-order valence-corrected chi connectivity index (χ4v) is 2.06. The van der Waals surface area contributed by atoms with Gasteiger partial charge in [0.15, 0.2) is 0 Å². The number of pyridine rings is 1. The van der Waals surface area contributed by atoms with Crippen molar-refractivity contribution in [2.45, 2.75) is 12.5 Å². The molecule has 0 aliphatic rings. The lowest BCUT2D eigenvalue weighted by atomic mass is 10.0. The maximum Gasteiger partial charge on any atom is 0.305 e. The third kappa shape index (κ3) is 4.44. The number of aromatic nitrogens is 1. The van der Waals surface area contributed by atoms with Crippen molar-refractivity contribution in [1.82, 2.24) is 10.3 Å². The average molecular weight is 316 g/mol. The predicted octanol–water partition coefficient (Wildman–Crippen LogP) is 1.33. The number of hydrogen-bond donors (Lipinski definition) is 3.